The smallest absolute Gasteiger partial charge is 0.384 e. The Morgan fingerprint density at radius 3 is 2.90 bits per heavy atom. The van der Waals surface area contributed by atoms with Crippen LogP contribution < -0.4 is 4.57 Å². The third-order valence-electron chi connectivity index (χ3n) is 3.15. The number of carbonyl (C=O) groups excluding carboxylic acids is 1. The van der Waals surface area contributed by atoms with Crippen LogP contribution in [0, 0.1) is 0 Å². The molecule has 1 aromatic rings. The molecule has 0 bridgehead atoms. The molecule has 0 N–H and O–H groups in total. The molecule has 0 fully saturated rings. The van der Waals surface area contributed by atoms with E-state index in [1.165, 1.54) is 23.4 Å². The van der Waals surface area contributed by atoms with E-state index in [2.05, 4.69) is 4.99 Å². The number of hydrogen-bond donors (Lipinski definition) is 0. The van der Waals surface area contributed by atoms with Crippen molar-refractivity contribution in [3.63, 3.8) is 0 Å². The molecule has 0 saturated heterocycles. The second kappa shape index (κ2) is 6.83. The van der Waals surface area contributed by atoms with E-state index in [1.807, 2.05) is 30.5 Å². The van der Waals surface area contributed by atoms with E-state index in [0.29, 0.717) is 6.61 Å². The first-order valence-electron chi connectivity index (χ1n) is 7.02. The Balaban J connectivity index is 2.29. The summed E-state index contributed by atoms with van der Waals surface area (Å²) in [7, 11) is 3.87. The van der Waals surface area contributed by atoms with Gasteiger partial charge in [-0.3, -0.25) is 0 Å². The van der Waals surface area contributed by atoms with E-state index in [0.717, 1.165) is 18.0 Å². The Morgan fingerprint density at radius 1 is 1.45 bits per heavy atom. The van der Waals surface area contributed by atoms with Crippen LogP contribution in [0.5, 0.6) is 0 Å². The molecule has 1 aromatic heterocycles. The summed E-state index contributed by atoms with van der Waals surface area (Å²) in [6, 6.07) is 0. The second-order valence-corrected chi connectivity index (χ2v) is 6.12. The minimum Gasteiger partial charge on any atom is -0.463 e. The third kappa shape index (κ3) is 3.56. The van der Waals surface area contributed by atoms with Crippen molar-refractivity contribution in [3.8, 4) is 0 Å². The van der Waals surface area contributed by atoms with Crippen molar-refractivity contribution < 1.29 is 14.1 Å². The number of thiazole rings is 1. The van der Waals surface area contributed by atoms with Crippen LogP contribution in [0.25, 0.3) is 0 Å². The quantitative estimate of drug-likeness (QED) is 0.359. The number of ether oxygens (including phenoxy) is 1. The highest BCUT2D eigenvalue weighted by atomic mass is 32.1. The van der Waals surface area contributed by atoms with E-state index < -0.39 is 0 Å². The highest BCUT2D eigenvalue weighted by molar-refractivity contribution is 7.15. The Kier molecular flexibility index (Phi) is 5.11. The number of aromatic nitrogens is 1. The first-order valence-corrected chi connectivity index (χ1v) is 7.84. The van der Waals surface area contributed by atoms with Crippen molar-refractivity contribution in [1.82, 2.24) is 4.90 Å². The van der Waals surface area contributed by atoms with Crippen LogP contribution >= 0.6 is 11.3 Å². The first-order chi connectivity index (χ1) is 9.61. The number of aliphatic imine (C=N–C) groups is 1. The molecule has 0 aromatic carbocycles. The number of rotatable bonds is 5. The monoisotopic (exact) mass is 296 g/mol. The molecule has 1 aliphatic rings. The van der Waals surface area contributed by atoms with Crippen LogP contribution in [0.1, 0.15) is 30.3 Å². The zero-order valence-electron chi connectivity index (χ0n) is 12.4. The Labute approximate surface area is 123 Å². The van der Waals surface area contributed by atoms with Gasteiger partial charge in [0.05, 0.1) is 11.5 Å². The summed E-state index contributed by atoms with van der Waals surface area (Å²) in [5.74, 6) is -0.190. The lowest BCUT2D eigenvalue weighted by molar-refractivity contribution is -0.676. The van der Waals surface area contributed by atoms with Crippen molar-refractivity contribution in [2.45, 2.75) is 39.2 Å². The first kappa shape index (κ1) is 15.0. The molecule has 0 aliphatic heterocycles. The molecule has 1 aliphatic carbocycles. The van der Waals surface area contributed by atoms with Gasteiger partial charge in [0.2, 0.25) is 6.34 Å². The Hall–Kier alpha value is -1.43. The van der Waals surface area contributed by atoms with Crippen molar-refractivity contribution in [3.05, 3.63) is 10.6 Å². The highest BCUT2D eigenvalue weighted by Gasteiger charge is 2.27. The van der Waals surface area contributed by atoms with Crippen molar-refractivity contribution in [1.29, 1.82) is 0 Å². The zero-order valence-corrected chi connectivity index (χ0v) is 13.2. The number of aryl methyl sites for hydroxylation is 1. The van der Waals surface area contributed by atoms with E-state index in [1.54, 1.807) is 17.7 Å². The van der Waals surface area contributed by atoms with E-state index in [4.69, 9.17) is 4.74 Å². The lowest BCUT2D eigenvalue weighted by Gasteiger charge is -2.09. The summed E-state index contributed by atoms with van der Waals surface area (Å²) in [6.07, 6.45) is 6.31. The van der Waals surface area contributed by atoms with Crippen LogP contribution in [0.4, 0.5) is 5.13 Å². The fourth-order valence-corrected chi connectivity index (χ4v) is 3.48. The molecule has 20 heavy (non-hydrogen) atoms. The van der Waals surface area contributed by atoms with Crippen LogP contribution in [-0.2, 0) is 28.9 Å². The molecular formula is C14H22N3O2S+. The maximum atomic E-state index is 11.8. The maximum absolute atomic E-state index is 11.8. The van der Waals surface area contributed by atoms with Gasteiger partial charge in [0.1, 0.15) is 5.69 Å². The number of hydrogen-bond acceptors (Lipinski definition) is 4. The molecule has 0 spiro atoms. The molecule has 2 rings (SSSR count). The van der Waals surface area contributed by atoms with Crippen LogP contribution in [0.3, 0.4) is 0 Å². The van der Waals surface area contributed by atoms with Gasteiger partial charge in [0, 0.05) is 20.5 Å². The number of fused-ring (bicyclic) bond motifs is 1. The molecule has 0 atom stereocenters. The largest absolute Gasteiger partial charge is 0.463 e. The molecule has 0 saturated carbocycles. The average Bonchev–Trinajstić information content (AvgIpc) is 2.75. The Morgan fingerprint density at radius 2 is 2.20 bits per heavy atom. The van der Waals surface area contributed by atoms with Gasteiger partial charge >= 0.3 is 11.1 Å². The molecule has 0 radical (unpaired) electrons. The number of esters is 1. The van der Waals surface area contributed by atoms with Crippen molar-refractivity contribution in [2.24, 2.45) is 4.99 Å². The minimum absolute atomic E-state index is 0.190. The molecule has 1 heterocycles. The highest BCUT2D eigenvalue weighted by Crippen LogP contribution is 2.29. The van der Waals surface area contributed by atoms with Gasteiger partial charge in [-0.2, -0.15) is 0 Å². The predicted octanol–water partition coefficient (Wildman–Crippen LogP) is 1.70. The fraction of sp³-hybridized carbons (Fsp3) is 0.643. The topological polar surface area (TPSA) is 45.8 Å². The maximum Gasteiger partial charge on any atom is 0.384 e. The SMILES string of the molecule is CCOC(=O)C[n+]1c(/N=C/N(C)C)sc2c1CCCC2. The molecule has 110 valence electrons. The van der Waals surface area contributed by atoms with E-state index >= 15 is 0 Å². The minimum atomic E-state index is -0.190. The van der Waals surface area contributed by atoms with Crippen LogP contribution in [0.15, 0.2) is 4.99 Å². The number of nitrogens with zero attached hydrogens (tertiary/aromatic N) is 3. The van der Waals surface area contributed by atoms with Crippen molar-refractivity contribution in [2.75, 3.05) is 20.7 Å². The second-order valence-electron chi connectivity index (χ2n) is 5.06. The summed E-state index contributed by atoms with van der Waals surface area (Å²) in [5.41, 5.74) is 1.26. The normalized spacial score (nSPS) is 14.3. The average molecular weight is 296 g/mol. The van der Waals surface area contributed by atoms with Crippen LogP contribution in [-0.4, -0.2) is 37.9 Å². The molecular weight excluding hydrogens is 274 g/mol. The van der Waals surface area contributed by atoms with E-state index in [-0.39, 0.29) is 12.5 Å². The standard InChI is InChI=1S/C14H22N3O2S/c1-4-19-13(18)9-17-11-7-5-6-8-12(11)20-14(17)15-10-16(2)3/h10H,4-9H2,1-3H3/q+1. The van der Waals surface area contributed by atoms with Gasteiger partial charge in [0.15, 0.2) is 6.54 Å². The lowest BCUT2D eigenvalue weighted by Crippen LogP contribution is -2.41. The predicted molar refractivity (Wildman–Crippen MR) is 79.6 cm³/mol. The third-order valence-corrected chi connectivity index (χ3v) is 4.35. The fourth-order valence-electron chi connectivity index (χ4n) is 2.30. The van der Waals surface area contributed by atoms with Gasteiger partial charge in [-0.25, -0.2) is 9.36 Å². The van der Waals surface area contributed by atoms with Gasteiger partial charge in [0.25, 0.3) is 0 Å². The molecule has 0 amide bonds. The van der Waals surface area contributed by atoms with Gasteiger partial charge in [-0.1, -0.05) is 0 Å². The van der Waals surface area contributed by atoms with Crippen molar-refractivity contribution >= 4 is 28.8 Å². The summed E-state index contributed by atoms with van der Waals surface area (Å²) in [4.78, 5) is 19.5. The summed E-state index contributed by atoms with van der Waals surface area (Å²) < 4.78 is 7.09. The molecule has 6 heteroatoms. The van der Waals surface area contributed by atoms with E-state index in [9.17, 15) is 4.79 Å². The molecule has 0 unspecified atom stereocenters. The summed E-state index contributed by atoms with van der Waals surface area (Å²) in [6.45, 7) is 2.51. The van der Waals surface area contributed by atoms with Gasteiger partial charge in [-0.15, -0.1) is 0 Å². The number of carbonyl (C=O) groups is 1. The molecule has 5 nitrogen and oxygen atoms in total. The zero-order chi connectivity index (χ0) is 14.5. The summed E-state index contributed by atoms with van der Waals surface area (Å²) in [5, 5.41) is 0.888. The van der Waals surface area contributed by atoms with Gasteiger partial charge in [-0.05, 0) is 42.5 Å². The summed E-state index contributed by atoms with van der Waals surface area (Å²) >= 11 is 1.69. The van der Waals surface area contributed by atoms with Gasteiger partial charge < -0.3 is 9.64 Å². The Bertz CT molecular complexity index is 509. The lowest BCUT2D eigenvalue weighted by atomic mass is 10.0. The van der Waals surface area contributed by atoms with Crippen LogP contribution in [0.2, 0.25) is 0 Å².